The van der Waals surface area contributed by atoms with Gasteiger partial charge in [0.25, 0.3) is 0 Å². The fraction of sp³-hybridized carbons (Fsp3) is 0. The summed E-state index contributed by atoms with van der Waals surface area (Å²) < 4.78 is 0. The van der Waals surface area contributed by atoms with Crippen LogP contribution in [0.1, 0.15) is 5.56 Å². The molecule has 5 heteroatoms. The zero-order valence-electron chi connectivity index (χ0n) is 14.6. The molecular weight excluding hydrogens is 369 g/mol. The summed E-state index contributed by atoms with van der Waals surface area (Å²) >= 11 is 1.53. The lowest BCUT2D eigenvalue weighted by Gasteiger charge is -2.22. The van der Waals surface area contributed by atoms with E-state index in [0.29, 0.717) is 0 Å². The molecule has 4 aromatic rings. The van der Waals surface area contributed by atoms with Crippen LogP contribution in [0.3, 0.4) is 0 Å². The predicted octanol–water partition coefficient (Wildman–Crippen LogP) is 4.86. The second-order valence-corrected chi connectivity index (χ2v) is 8.56. The van der Waals surface area contributed by atoms with E-state index in [1.165, 1.54) is 21.9 Å². The minimum Gasteiger partial charge on any atom is -0.341 e. The molecule has 0 spiro atoms. The van der Waals surface area contributed by atoms with E-state index < -0.39 is 8.07 Å². The molecule has 0 bridgehead atoms. The average Bonchev–Trinajstić information content (AvgIpc) is 3.26. The van der Waals surface area contributed by atoms with Crippen molar-refractivity contribution in [2.75, 3.05) is 0 Å². The number of benzene rings is 3. The maximum absolute atomic E-state index is 4.81. The van der Waals surface area contributed by atoms with Gasteiger partial charge in [0.15, 0.2) is 0 Å². The molecule has 1 heterocycles. The van der Waals surface area contributed by atoms with Gasteiger partial charge in [-0.05, 0) is 0 Å². The zero-order valence-corrected chi connectivity index (χ0v) is 16.3. The highest BCUT2D eigenvalue weighted by Crippen LogP contribution is 2.30. The van der Waals surface area contributed by atoms with Crippen molar-refractivity contribution in [1.82, 2.24) is 10.1 Å². The van der Waals surface area contributed by atoms with Crippen LogP contribution in [0.5, 0.6) is 0 Å². The van der Waals surface area contributed by atoms with E-state index in [4.69, 9.17) is 4.99 Å². The highest BCUT2D eigenvalue weighted by Gasteiger charge is 2.17. The molecule has 0 amide bonds. The second-order valence-electron chi connectivity index (χ2n) is 5.76. The van der Waals surface area contributed by atoms with Gasteiger partial charge in [-0.1, -0.05) is 91.0 Å². The predicted molar refractivity (Wildman–Crippen MR) is 117 cm³/mol. The lowest BCUT2D eigenvalue weighted by Crippen LogP contribution is -2.29. The Kier molecular flexibility index (Phi) is 5.68. The fourth-order valence-electron chi connectivity index (χ4n) is 2.66. The van der Waals surface area contributed by atoms with Crippen LogP contribution in [0.2, 0.25) is 0 Å². The lowest BCUT2D eigenvalue weighted by molar-refractivity contribution is 1.32. The zero-order chi connectivity index (χ0) is 18.3. The van der Waals surface area contributed by atoms with Crippen LogP contribution in [-0.4, -0.2) is 10.8 Å². The second kappa shape index (κ2) is 8.72. The Hall–Kier alpha value is -2.81. The quantitative estimate of drug-likeness (QED) is 0.302. The van der Waals surface area contributed by atoms with E-state index in [1.807, 2.05) is 35.7 Å². The molecular formula is C22H18N3PS. The number of rotatable bonds is 5. The minimum atomic E-state index is -0.800. The van der Waals surface area contributed by atoms with E-state index in [1.54, 1.807) is 6.20 Å². The first-order valence-electron chi connectivity index (χ1n) is 8.61. The summed E-state index contributed by atoms with van der Waals surface area (Å²) in [5, 5.41) is 8.92. The smallest absolute Gasteiger partial charge is 0.211 e. The number of hydrogen-bond donors (Lipinski definition) is 1. The molecule has 27 heavy (non-hydrogen) atoms. The Morgan fingerprint density at radius 3 is 1.85 bits per heavy atom. The third-order valence-electron chi connectivity index (χ3n) is 3.92. The Morgan fingerprint density at radius 2 is 1.33 bits per heavy atom. The molecule has 132 valence electrons. The molecule has 0 radical (unpaired) electrons. The van der Waals surface area contributed by atoms with Crippen molar-refractivity contribution in [3.63, 3.8) is 0 Å². The number of nitrogens with zero attached hydrogens (tertiary/aromatic N) is 2. The largest absolute Gasteiger partial charge is 0.341 e. The van der Waals surface area contributed by atoms with Crippen molar-refractivity contribution in [3.8, 4) is 0 Å². The van der Waals surface area contributed by atoms with Crippen LogP contribution in [0.25, 0.3) is 0 Å². The van der Waals surface area contributed by atoms with Crippen LogP contribution < -0.4 is 15.7 Å². The molecule has 0 saturated carbocycles. The third-order valence-corrected chi connectivity index (χ3v) is 6.65. The lowest BCUT2D eigenvalue weighted by atomic mass is 10.2. The van der Waals surface area contributed by atoms with E-state index in [9.17, 15) is 0 Å². The summed E-state index contributed by atoms with van der Waals surface area (Å²) in [5.41, 5.74) is 1.05. The third kappa shape index (κ3) is 4.48. The molecule has 0 unspecified atom stereocenters. The number of nitrogens with one attached hydrogen (secondary N) is 1. The van der Waals surface area contributed by atoms with E-state index in [0.717, 1.165) is 16.5 Å². The van der Waals surface area contributed by atoms with Crippen molar-refractivity contribution < 1.29 is 0 Å². The van der Waals surface area contributed by atoms with Gasteiger partial charge in [0.1, 0.15) is 5.84 Å². The first-order valence-corrected chi connectivity index (χ1v) is 10.8. The average molecular weight is 387 g/mol. The van der Waals surface area contributed by atoms with Crippen LogP contribution >= 0.6 is 19.4 Å². The number of thiazole rings is 1. The normalized spacial score (nSPS) is 11.5. The summed E-state index contributed by atoms with van der Waals surface area (Å²) in [6.07, 6.45) is 1.78. The van der Waals surface area contributed by atoms with Gasteiger partial charge in [0.05, 0.1) is 8.07 Å². The molecule has 0 fully saturated rings. The van der Waals surface area contributed by atoms with Crippen molar-refractivity contribution in [2.45, 2.75) is 0 Å². The molecule has 1 N–H and O–H groups in total. The molecule has 0 atom stereocenters. The molecule has 3 aromatic carbocycles. The van der Waals surface area contributed by atoms with Gasteiger partial charge in [0.2, 0.25) is 5.13 Å². The maximum Gasteiger partial charge on any atom is 0.211 e. The monoisotopic (exact) mass is 387 g/mol. The Labute approximate surface area is 164 Å². The highest BCUT2D eigenvalue weighted by atomic mass is 32.1. The SMILES string of the molecule is c1ccc(C(=Nc2nccs2)NP(c2ccccc2)c2ccccc2)cc1. The Morgan fingerprint density at radius 1 is 0.778 bits per heavy atom. The first kappa shape index (κ1) is 17.6. The summed E-state index contributed by atoms with van der Waals surface area (Å²) in [7, 11) is -0.800. The van der Waals surface area contributed by atoms with Gasteiger partial charge in [-0.15, -0.1) is 11.3 Å². The minimum absolute atomic E-state index is 0.748. The summed E-state index contributed by atoms with van der Waals surface area (Å²) in [6, 6.07) is 31.3. The summed E-state index contributed by atoms with van der Waals surface area (Å²) in [6.45, 7) is 0. The molecule has 1 aromatic heterocycles. The van der Waals surface area contributed by atoms with E-state index >= 15 is 0 Å². The first-order chi connectivity index (χ1) is 13.4. The molecule has 0 saturated heterocycles. The van der Waals surface area contributed by atoms with Crippen molar-refractivity contribution in [1.29, 1.82) is 0 Å². The number of amidine groups is 1. The highest BCUT2D eigenvalue weighted by molar-refractivity contribution is 7.71. The van der Waals surface area contributed by atoms with Crippen LogP contribution in [0.15, 0.2) is 108 Å². The van der Waals surface area contributed by atoms with Crippen molar-refractivity contribution in [3.05, 3.63) is 108 Å². The van der Waals surface area contributed by atoms with Crippen molar-refractivity contribution >= 4 is 41.0 Å². The van der Waals surface area contributed by atoms with Gasteiger partial charge < -0.3 is 5.09 Å². The number of aliphatic imine (C=N–C) groups is 1. The fourth-order valence-corrected chi connectivity index (χ4v) is 5.05. The van der Waals surface area contributed by atoms with Crippen LogP contribution in [0.4, 0.5) is 5.13 Å². The number of aromatic nitrogens is 1. The molecule has 4 rings (SSSR count). The topological polar surface area (TPSA) is 37.3 Å². The molecule has 0 aliphatic heterocycles. The molecule has 0 aliphatic rings. The Bertz CT molecular complexity index is 948. The van der Waals surface area contributed by atoms with E-state index in [-0.39, 0.29) is 0 Å². The standard InChI is InChI=1S/C22H18N3PS/c1-4-10-18(11-5-1)21(24-22-23-16-17-27-22)25-26(19-12-6-2-7-13-19)20-14-8-3-9-15-20/h1-17H,(H,23,24,25). The molecule has 3 nitrogen and oxygen atoms in total. The van der Waals surface area contributed by atoms with Gasteiger partial charge in [-0.2, -0.15) is 0 Å². The maximum atomic E-state index is 4.81. The van der Waals surface area contributed by atoms with E-state index in [2.05, 4.69) is 70.7 Å². The van der Waals surface area contributed by atoms with Gasteiger partial charge in [0, 0.05) is 27.7 Å². The van der Waals surface area contributed by atoms with Crippen LogP contribution in [0, 0.1) is 0 Å². The van der Waals surface area contributed by atoms with Gasteiger partial charge in [-0.3, -0.25) is 0 Å². The van der Waals surface area contributed by atoms with Crippen LogP contribution in [-0.2, 0) is 0 Å². The Balaban J connectivity index is 1.77. The van der Waals surface area contributed by atoms with Crippen molar-refractivity contribution in [2.24, 2.45) is 4.99 Å². The molecule has 0 aliphatic carbocycles. The number of hydrogen-bond acceptors (Lipinski definition) is 3. The summed E-state index contributed by atoms with van der Waals surface area (Å²) in [4.78, 5) is 9.14. The summed E-state index contributed by atoms with van der Waals surface area (Å²) in [5.74, 6) is 0.837. The van der Waals surface area contributed by atoms with Gasteiger partial charge in [-0.25, -0.2) is 9.98 Å². The van der Waals surface area contributed by atoms with Gasteiger partial charge >= 0.3 is 0 Å².